The fourth-order valence-corrected chi connectivity index (χ4v) is 2.61. The maximum absolute atomic E-state index is 14.4. The van der Waals surface area contributed by atoms with Crippen molar-refractivity contribution in [2.45, 2.75) is 6.92 Å². The second-order valence-corrected chi connectivity index (χ2v) is 6.52. The number of amides is 1. The minimum absolute atomic E-state index is 0.0228. The first kappa shape index (κ1) is 22.0. The molecule has 8 nitrogen and oxygen atoms in total. The van der Waals surface area contributed by atoms with E-state index in [1.807, 2.05) is 0 Å². The van der Waals surface area contributed by atoms with Gasteiger partial charge in [0.15, 0.2) is 5.71 Å². The third-order valence-electron chi connectivity index (χ3n) is 4.02. The third kappa shape index (κ3) is 5.26. The molecule has 2 aromatic carbocycles. The van der Waals surface area contributed by atoms with Crippen LogP contribution in [0.15, 0.2) is 53.7 Å². The van der Waals surface area contributed by atoms with Crippen LogP contribution >= 0.6 is 11.6 Å². The minimum Gasteiger partial charge on any atom is -0.438 e. The molecule has 10 heteroatoms. The van der Waals surface area contributed by atoms with E-state index in [2.05, 4.69) is 20.4 Å². The minimum atomic E-state index is -0.816. The van der Waals surface area contributed by atoms with Crippen molar-refractivity contribution in [1.29, 1.82) is 0 Å². The Balaban J connectivity index is 1.98. The van der Waals surface area contributed by atoms with Crippen molar-refractivity contribution < 1.29 is 23.5 Å². The third-order valence-corrected chi connectivity index (χ3v) is 4.27. The number of hydrogen-bond acceptors (Lipinski definition) is 7. The lowest BCUT2D eigenvalue weighted by molar-refractivity contribution is -0.114. The van der Waals surface area contributed by atoms with Crippen LogP contribution in [-0.2, 0) is 9.63 Å². The molecule has 0 aliphatic heterocycles. The maximum atomic E-state index is 14.4. The topological polar surface area (TPSA) is 94.9 Å². The van der Waals surface area contributed by atoms with Crippen LogP contribution in [0.2, 0.25) is 5.02 Å². The summed E-state index contributed by atoms with van der Waals surface area (Å²) in [5.41, 5.74) is 0.358. The number of carbonyl (C=O) groups is 1. The van der Waals surface area contributed by atoms with E-state index in [0.717, 1.165) is 0 Å². The maximum Gasteiger partial charge on any atom is 0.328 e. The summed E-state index contributed by atoms with van der Waals surface area (Å²) >= 11 is 5.86. The van der Waals surface area contributed by atoms with Crippen molar-refractivity contribution in [3.05, 3.63) is 70.6 Å². The number of halogens is 2. The van der Waals surface area contributed by atoms with Crippen LogP contribution in [0.5, 0.6) is 23.4 Å². The van der Waals surface area contributed by atoms with E-state index in [9.17, 15) is 9.18 Å². The molecule has 0 atom stereocenters. The van der Waals surface area contributed by atoms with Gasteiger partial charge in [0, 0.05) is 12.1 Å². The van der Waals surface area contributed by atoms with Gasteiger partial charge in [0.2, 0.25) is 11.8 Å². The zero-order chi connectivity index (χ0) is 22.4. The number of aromatic nitrogens is 2. The fraction of sp³-hybridized carbons (Fsp3) is 0.143. The lowest BCUT2D eigenvalue weighted by Crippen LogP contribution is -2.28. The van der Waals surface area contributed by atoms with Crippen LogP contribution in [0.25, 0.3) is 0 Å². The average Bonchev–Trinajstić information content (AvgIpc) is 2.77. The van der Waals surface area contributed by atoms with Gasteiger partial charge in [-0.1, -0.05) is 28.9 Å². The number of nitrogens with one attached hydrogen (secondary N) is 1. The van der Waals surface area contributed by atoms with Crippen LogP contribution < -0.4 is 14.8 Å². The predicted octanol–water partition coefficient (Wildman–Crippen LogP) is 4.26. The number of ether oxygens (including phenoxy) is 2. The van der Waals surface area contributed by atoms with Gasteiger partial charge >= 0.3 is 6.01 Å². The standard InChI is InChI=1S/C21H18ClFN4O4/c1-12-18(23)25-21(30-14-10-8-13(22)9-11-14)26-20(12)31-16-7-5-4-6-15(16)17(27-29-3)19(28)24-2/h4-11H,1-3H3,(H,24,28)/b27-17-. The Hall–Kier alpha value is -3.72. The summed E-state index contributed by atoms with van der Waals surface area (Å²) in [5.74, 6) is -0.815. The van der Waals surface area contributed by atoms with Crippen molar-refractivity contribution in [2.75, 3.05) is 14.2 Å². The Bertz CT molecular complexity index is 1120. The molecule has 31 heavy (non-hydrogen) atoms. The number of para-hydroxylation sites is 1. The Morgan fingerprint density at radius 2 is 1.81 bits per heavy atom. The van der Waals surface area contributed by atoms with Gasteiger partial charge in [-0.05, 0) is 43.3 Å². The van der Waals surface area contributed by atoms with Crippen LogP contribution in [0, 0.1) is 12.9 Å². The summed E-state index contributed by atoms with van der Waals surface area (Å²) in [7, 11) is 2.78. The Morgan fingerprint density at radius 3 is 2.48 bits per heavy atom. The molecule has 160 valence electrons. The molecule has 0 fully saturated rings. The lowest BCUT2D eigenvalue weighted by atomic mass is 10.1. The largest absolute Gasteiger partial charge is 0.438 e. The van der Waals surface area contributed by atoms with E-state index in [4.69, 9.17) is 25.9 Å². The number of oxime groups is 1. The van der Waals surface area contributed by atoms with E-state index in [0.29, 0.717) is 16.3 Å². The zero-order valence-corrected chi connectivity index (χ0v) is 17.6. The highest BCUT2D eigenvalue weighted by Gasteiger charge is 2.21. The number of hydrogen-bond donors (Lipinski definition) is 1. The summed E-state index contributed by atoms with van der Waals surface area (Å²) in [6.07, 6.45) is 0. The van der Waals surface area contributed by atoms with Gasteiger partial charge < -0.3 is 19.6 Å². The van der Waals surface area contributed by atoms with Crippen LogP contribution in [0.3, 0.4) is 0 Å². The monoisotopic (exact) mass is 444 g/mol. The Kier molecular flexibility index (Phi) is 6.99. The molecule has 3 rings (SSSR count). The van der Waals surface area contributed by atoms with Gasteiger partial charge in [-0.2, -0.15) is 14.4 Å². The SMILES string of the molecule is CNC(=O)/C(=N\OC)c1ccccc1Oc1nc(Oc2ccc(Cl)cc2)nc(F)c1C. The second-order valence-electron chi connectivity index (χ2n) is 6.08. The van der Waals surface area contributed by atoms with Crippen molar-refractivity contribution in [1.82, 2.24) is 15.3 Å². The molecule has 1 aromatic heterocycles. The number of carbonyl (C=O) groups excluding carboxylic acids is 1. The van der Waals surface area contributed by atoms with Gasteiger partial charge in [0.05, 0.1) is 11.1 Å². The number of nitrogens with zero attached hydrogens (tertiary/aromatic N) is 3. The normalized spacial score (nSPS) is 11.1. The quantitative estimate of drug-likeness (QED) is 0.332. The molecule has 0 saturated carbocycles. The molecule has 0 unspecified atom stereocenters. The highest BCUT2D eigenvalue weighted by molar-refractivity contribution is 6.45. The smallest absolute Gasteiger partial charge is 0.328 e. The first-order chi connectivity index (χ1) is 14.9. The number of likely N-dealkylation sites (N-methyl/N-ethyl adjacent to an activating group) is 1. The van der Waals surface area contributed by atoms with Crippen molar-refractivity contribution in [3.63, 3.8) is 0 Å². The molecule has 0 radical (unpaired) electrons. The second kappa shape index (κ2) is 9.86. The molecule has 0 aliphatic rings. The summed E-state index contributed by atoms with van der Waals surface area (Å²) in [6, 6.07) is 12.7. The summed E-state index contributed by atoms with van der Waals surface area (Å²) in [6.45, 7) is 1.46. The fourth-order valence-electron chi connectivity index (χ4n) is 2.48. The summed E-state index contributed by atoms with van der Waals surface area (Å²) in [4.78, 5) is 24.9. The first-order valence-electron chi connectivity index (χ1n) is 9.01. The van der Waals surface area contributed by atoms with Crippen LogP contribution in [-0.4, -0.2) is 35.7 Å². The number of benzene rings is 2. The Labute approximate surface area is 182 Å². The van der Waals surface area contributed by atoms with E-state index >= 15 is 0 Å². The summed E-state index contributed by atoms with van der Waals surface area (Å²) < 4.78 is 25.8. The van der Waals surface area contributed by atoms with E-state index in [1.165, 1.54) is 21.1 Å². The molecule has 0 saturated heterocycles. The van der Waals surface area contributed by atoms with Crippen molar-refractivity contribution >= 4 is 23.2 Å². The van der Waals surface area contributed by atoms with Crippen molar-refractivity contribution in [3.8, 4) is 23.4 Å². The Morgan fingerprint density at radius 1 is 1.10 bits per heavy atom. The van der Waals surface area contributed by atoms with E-state index < -0.39 is 11.9 Å². The zero-order valence-electron chi connectivity index (χ0n) is 16.8. The molecule has 0 bridgehead atoms. The molecule has 0 aliphatic carbocycles. The van der Waals surface area contributed by atoms with Gasteiger partial charge in [-0.25, -0.2) is 0 Å². The van der Waals surface area contributed by atoms with Gasteiger partial charge in [-0.15, -0.1) is 0 Å². The molecule has 1 heterocycles. The van der Waals surface area contributed by atoms with Crippen molar-refractivity contribution in [2.24, 2.45) is 5.16 Å². The molecule has 1 amide bonds. The molecule has 3 aromatic rings. The van der Waals surface area contributed by atoms with Crippen LogP contribution in [0.4, 0.5) is 4.39 Å². The number of rotatable bonds is 7. The highest BCUT2D eigenvalue weighted by Crippen LogP contribution is 2.30. The molecular formula is C21H18ClFN4O4. The predicted molar refractivity (Wildman–Crippen MR) is 112 cm³/mol. The van der Waals surface area contributed by atoms with Gasteiger partial charge in [-0.3, -0.25) is 4.79 Å². The highest BCUT2D eigenvalue weighted by atomic mass is 35.5. The van der Waals surface area contributed by atoms with E-state index in [1.54, 1.807) is 48.5 Å². The molecular weight excluding hydrogens is 427 g/mol. The average molecular weight is 445 g/mol. The first-order valence-corrected chi connectivity index (χ1v) is 9.38. The lowest BCUT2D eigenvalue weighted by Gasteiger charge is -2.13. The van der Waals surface area contributed by atoms with Gasteiger partial charge in [0.25, 0.3) is 5.91 Å². The summed E-state index contributed by atoms with van der Waals surface area (Å²) in [5, 5.41) is 6.77. The molecule has 0 spiro atoms. The van der Waals surface area contributed by atoms with Crippen LogP contribution in [0.1, 0.15) is 11.1 Å². The van der Waals surface area contributed by atoms with Gasteiger partial charge in [0.1, 0.15) is 18.6 Å². The molecule has 1 N–H and O–H groups in total. The van der Waals surface area contributed by atoms with E-state index in [-0.39, 0.29) is 28.9 Å².